The molecular weight excluding hydrogens is 355 g/mol. The highest BCUT2D eigenvalue weighted by Crippen LogP contribution is 2.37. The van der Waals surface area contributed by atoms with Crippen LogP contribution in [0.5, 0.6) is 5.75 Å². The van der Waals surface area contributed by atoms with Crippen molar-refractivity contribution in [3.8, 4) is 5.75 Å². The highest BCUT2D eigenvalue weighted by molar-refractivity contribution is 9.10. The summed E-state index contributed by atoms with van der Waals surface area (Å²) >= 11 is 4.84. The van der Waals surface area contributed by atoms with Crippen molar-refractivity contribution in [2.24, 2.45) is 0 Å². The molecular formula is C16H12BrFO2S. The molecule has 0 spiro atoms. The van der Waals surface area contributed by atoms with Gasteiger partial charge in [0.2, 0.25) is 0 Å². The minimum Gasteiger partial charge on any atom is -0.497 e. The van der Waals surface area contributed by atoms with E-state index >= 15 is 0 Å². The van der Waals surface area contributed by atoms with Crippen molar-refractivity contribution in [3.63, 3.8) is 0 Å². The molecule has 1 atom stereocenters. The Kier molecular flexibility index (Phi) is 3.97. The van der Waals surface area contributed by atoms with Crippen LogP contribution in [0.3, 0.4) is 0 Å². The lowest BCUT2D eigenvalue weighted by atomic mass is 10.1. The average molecular weight is 367 g/mol. The van der Waals surface area contributed by atoms with Gasteiger partial charge in [0, 0.05) is 19.6 Å². The third kappa shape index (κ3) is 2.81. The molecule has 5 heteroatoms. The quantitative estimate of drug-likeness (QED) is 0.714. The SMILES string of the molecule is COc1ccc(C(O)c2cc3ccc(F)cc3s2)c(Br)c1. The molecule has 1 unspecified atom stereocenters. The van der Waals surface area contributed by atoms with Gasteiger partial charge in [-0.25, -0.2) is 4.39 Å². The van der Waals surface area contributed by atoms with Gasteiger partial charge in [0.15, 0.2) is 0 Å². The molecule has 21 heavy (non-hydrogen) atoms. The molecule has 0 aliphatic carbocycles. The first-order valence-corrected chi connectivity index (χ1v) is 7.90. The molecule has 1 aromatic heterocycles. The number of ether oxygens (including phenoxy) is 1. The largest absolute Gasteiger partial charge is 0.497 e. The summed E-state index contributed by atoms with van der Waals surface area (Å²) < 4.78 is 20.0. The van der Waals surface area contributed by atoms with E-state index in [0.717, 1.165) is 30.7 Å². The lowest BCUT2D eigenvalue weighted by molar-refractivity contribution is 0.223. The van der Waals surface area contributed by atoms with E-state index in [1.54, 1.807) is 19.2 Å². The highest BCUT2D eigenvalue weighted by atomic mass is 79.9. The number of rotatable bonds is 3. The van der Waals surface area contributed by atoms with Crippen LogP contribution in [0, 0.1) is 5.82 Å². The Hall–Kier alpha value is -1.43. The number of hydrogen-bond donors (Lipinski definition) is 1. The molecule has 0 aliphatic heterocycles. The van der Waals surface area contributed by atoms with Crippen molar-refractivity contribution in [3.05, 3.63) is 63.2 Å². The Morgan fingerprint density at radius 1 is 1.19 bits per heavy atom. The minimum absolute atomic E-state index is 0.268. The normalized spacial score (nSPS) is 12.6. The number of thiophene rings is 1. The summed E-state index contributed by atoms with van der Waals surface area (Å²) in [4.78, 5) is 0.779. The number of methoxy groups -OCH3 is 1. The molecule has 0 fully saturated rings. The van der Waals surface area contributed by atoms with Crippen molar-refractivity contribution in [2.75, 3.05) is 7.11 Å². The number of aliphatic hydroxyl groups is 1. The average Bonchev–Trinajstić information content (AvgIpc) is 2.89. The predicted molar refractivity (Wildman–Crippen MR) is 86.5 cm³/mol. The fourth-order valence-electron chi connectivity index (χ4n) is 2.17. The molecule has 0 saturated heterocycles. The second kappa shape index (κ2) is 5.75. The van der Waals surface area contributed by atoms with Crippen LogP contribution in [0.25, 0.3) is 10.1 Å². The van der Waals surface area contributed by atoms with E-state index in [1.165, 1.54) is 23.5 Å². The van der Waals surface area contributed by atoms with E-state index in [1.807, 2.05) is 18.2 Å². The van der Waals surface area contributed by atoms with Crippen molar-refractivity contribution >= 4 is 37.4 Å². The molecule has 0 saturated carbocycles. The van der Waals surface area contributed by atoms with Crippen molar-refractivity contribution in [1.29, 1.82) is 0 Å². The maximum Gasteiger partial charge on any atom is 0.124 e. The lowest BCUT2D eigenvalue weighted by Gasteiger charge is -2.12. The van der Waals surface area contributed by atoms with Gasteiger partial charge in [-0.15, -0.1) is 11.3 Å². The van der Waals surface area contributed by atoms with Gasteiger partial charge in [0.25, 0.3) is 0 Å². The Morgan fingerprint density at radius 2 is 2.00 bits per heavy atom. The van der Waals surface area contributed by atoms with Gasteiger partial charge in [-0.2, -0.15) is 0 Å². The highest BCUT2D eigenvalue weighted by Gasteiger charge is 2.17. The second-order valence-electron chi connectivity index (χ2n) is 4.62. The van der Waals surface area contributed by atoms with Crippen LogP contribution in [0.2, 0.25) is 0 Å². The van der Waals surface area contributed by atoms with E-state index in [2.05, 4.69) is 15.9 Å². The number of hydrogen-bond acceptors (Lipinski definition) is 3. The van der Waals surface area contributed by atoms with Crippen molar-refractivity contribution in [2.45, 2.75) is 6.10 Å². The zero-order valence-corrected chi connectivity index (χ0v) is 13.5. The Morgan fingerprint density at radius 3 is 2.71 bits per heavy atom. The number of halogens is 2. The third-order valence-electron chi connectivity index (χ3n) is 3.27. The van der Waals surface area contributed by atoms with Gasteiger partial charge in [0.1, 0.15) is 17.7 Å². The second-order valence-corrected chi connectivity index (χ2v) is 6.59. The zero-order valence-electron chi connectivity index (χ0n) is 11.1. The minimum atomic E-state index is -0.759. The first-order valence-electron chi connectivity index (χ1n) is 6.29. The van der Waals surface area contributed by atoms with Crippen LogP contribution in [-0.4, -0.2) is 12.2 Å². The topological polar surface area (TPSA) is 29.5 Å². The smallest absolute Gasteiger partial charge is 0.124 e. The molecule has 0 amide bonds. The molecule has 108 valence electrons. The monoisotopic (exact) mass is 366 g/mol. The van der Waals surface area contributed by atoms with Gasteiger partial charge in [-0.3, -0.25) is 0 Å². The van der Waals surface area contributed by atoms with Gasteiger partial charge >= 0.3 is 0 Å². The summed E-state index contributed by atoms with van der Waals surface area (Å²) in [5, 5.41) is 11.5. The van der Waals surface area contributed by atoms with Gasteiger partial charge in [0.05, 0.1) is 7.11 Å². The van der Waals surface area contributed by atoms with E-state index in [0.29, 0.717) is 0 Å². The fraction of sp³-hybridized carbons (Fsp3) is 0.125. The third-order valence-corrected chi connectivity index (χ3v) is 5.11. The summed E-state index contributed by atoms with van der Waals surface area (Å²) in [6.07, 6.45) is -0.759. The molecule has 0 aliphatic rings. The molecule has 2 nitrogen and oxygen atoms in total. The summed E-state index contributed by atoms with van der Waals surface area (Å²) in [6, 6.07) is 12.0. The number of fused-ring (bicyclic) bond motifs is 1. The van der Waals surface area contributed by atoms with Crippen LogP contribution in [0.15, 0.2) is 46.9 Å². The Bertz CT molecular complexity index is 800. The van der Waals surface area contributed by atoms with Crippen molar-refractivity contribution < 1.29 is 14.2 Å². The number of aliphatic hydroxyl groups excluding tert-OH is 1. The molecule has 0 radical (unpaired) electrons. The van der Waals surface area contributed by atoms with Crippen LogP contribution >= 0.6 is 27.3 Å². The van der Waals surface area contributed by atoms with E-state index in [-0.39, 0.29) is 5.82 Å². The van der Waals surface area contributed by atoms with Crippen LogP contribution in [0.1, 0.15) is 16.5 Å². The molecule has 3 rings (SSSR count). The maximum atomic E-state index is 13.2. The predicted octanol–water partition coefficient (Wildman–Crippen LogP) is 4.89. The van der Waals surface area contributed by atoms with E-state index < -0.39 is 6.10 Å². The fourth-order valence-corrected chi connectivity index (χ4v) is 3.84. The van der Waals surface area contributed by atoms with Gasteiger partial charge < -0.3 is 9.84 Å². The van der Waals surface area contributed by atoms with Crippen LogP contribution in [0.4, 0.5) is 4.39 Å². The van der Waals surface area contributed by atoms with E-state index in [9.17, 15) is 9.50 Å². The summed E-state index contributed by atoms with van der Waals surface area (Å²) in [5.41, 5.74) is 0.753. The molecule has 2 aromatic carbocycles. The first-order chi connectivity index (χ1) is 10.1. The van der Waals surface area contributed by atoms with Gasteiger partial charge in [-0.1, -0.05) is 28.1 Å². The zero-order chi connectivity index (χ0) is 15.0. The van der Waals surface area contributed by atoms with Gasteiger partial charge in [-0.05, 0) is 35.7 Å². The Balaban J connectivity index is 2.01. The Labute approximate surface area is 133 Å². The van der Waals surface area contributed by atoms with Crippen LogP contribution < -0.4 is 4.74 Å². The molecule has 3 aromatic rings. The standard InChI is InChI=1S/C16H12BrFO2S/c1-20-11-4-5-12(13(17)8-11)16(19)15-6-9-2-3-10(18)7-14(9)21-15/h2-8,16,19H,1H3. The summed E-state index contributed by atoms with van der Waals surface area (Å²) in [5.74, 6) is 0.451. The summed E-state index contributed by atoms with van der Waals surface area (Å²) in [6.45, 7) is 0. The van der Waals surface area contributed by atoms with Crippen LogP contribution in [-0.2, 0) is 0 Å². The first kappa shape index (κ1) is 14.5. The number of benzene rings is 2. The summed E-state index contributed by atoms with van der Waals surface area (Å²) in [7, 11) is 1.60. The lowest BCUT2D eigenvalue weighted by Crippen LogP contribution is -1.98. The molecule has 1 N–H and O–H groups in total. The van der Waals surface area contributed by atoms with Crippen molar-refractivity contribution in [1.82, 2.24) is 0 Å². The maximum absolute atomic E-state index is 13.2. The molecule has 0 bridgehead atoms. The molecule has 1 heterocycles. The van der Waals surface area contributed by atoms with E-state index in [4.69, 9.17) is 4.74 Å².